The number of benzene rings is 4. The number of amides is 4. The summed E-state index contributed by atoms with van der Waals surface area (Å²) in [6.45, 7) is 0. The topological polar surface area (TPSA) is 131 Å². The van der Waals surface area contributed by atoms with Crippen molar-refractivity contribution in [2.45, 2.75) is 28.5 Å². The van der Waals surface area contributed by atoms with Gasteiger partial charge in [-0.15, -0.1) is 23.2 Å². The molecule has 8 rings (SSSR count). The molecule has 2 heterocycles. The highest BCUT2D eigenvalue weighted by atomic mass is 35.5. The molecule has 0 aromatic heterocycles. The zero-order valence-electron chi connectivity index (χ0n) is 30.0. The maximum absolute atomic E-state index is 15.4. The number of hydrogen-bond donors (Lipinski definition) is 1. The lowest BCUT2D eigenvalue weighted by atomic mass is 9.56. The second-order valence-electron chi connectivity index (χ2n) is 14.2. The van der Waals surface area contributed by atoms with Crippen LogP contribution in [0.4, 0.5) is 33.3 Å². The van der Waals surface area contributed by atoms with Crippen molar-refractivity contribution in [1.29, 1.82) is 0 Å². The zero-order chi connectivity index (χ0) is 41.7. The van der Waals surface area contributed by atoms with Crippen molar-refractivity contribution in [2.24, 2.45) is 17.8 Å². The Morgan fingerprint density at radius 2 is 1.29 bits per heavy atom. The molecule has 1 saturated carbocycles. The molecule has 0 unspecified atom stereocenters. The van der Waals surface area contributed by atoms with Crippen LogP contribution >= 0.6 is 23.2 Å². The molecule has 0 spiro atoms. The number of alkyl halides is 2. The quantitative estimate of drug-likeness (QED) is 0.0397. The van der Waals surface area contributed by atoms with Crippen molar-refractivity contribution in [3.8, 4) is 17.2 Å². The van der Waals surface area contributed by atoms with E-state index in [1.54, 1.807) is 30.3 Å². The Balaban J connectivity index is 1.26. The van der Waals surface area contributed by atoms with Crippen LogP contribution < -0.4 is 19.3 Å². The van der Waals surface area contributed by atoms with Crippen molar-refractivity contribution in [1.82, 2.24) is 0 Å². The van der Waals surface area contributed by atoms with Crippen molar-refractivity contribution >= 4 is 64.0 Å². The molecule has 4 amide bonds. The molecular weight excluding hydrogens is 814 g/mol. The zero-order valence-corrected chi connectivity index (χ0v) is 31.5. The molecule has 4 aromatic carbocycles. The smallest absolute Gasteiger partial charge is 0.258 e. The van der Waals surface area contributed by atoms with E-state index in [0.29, 0.717) is 5.56 Å². The summed E-state index contributed by atoms with van der Waals surface area (Å²) in [5, 5.41) is 10.8. The van der Waals surface area contributed by atoms with Gasteiger partial charge in [0, 0.05) is 17.0 Å². The Kier molecular flexibility index (Phi) is 9.19. The van der Waals surface area contributed by atoms with Crippen LogP contribution in [0.2, 0.25) is 0 Å². The van der Waals surface area contributed by atoms with Gasteiger partial charge in [0.1, 0.15) is 5.69 Å². The van der Waals surface area contributed by atoms with Gasteiger partial charge in [0.2, 0.25) is 23.4 Å². The molecule has 298 valence electrons. The Bertz CT molecular complexity index is 2490. The highest BCUT2D eigenvalue weighted by molar-refractivity contribution is 6.58. The standard InChI is InChI=1S/C41H27Cl2F5N2O8/c1-57-24-14-19(15-25(58-2)35(24)52)27-21-12-13-22-26(37(54)49(36(22)53)20-10-8-18(9-11-20)34(51)17-6-4-3-5-7-17)23(21)16-40(42)38(55)50(39(56)41(27,40)43)33-31(47)29(45)28(44)30(46)32(33)48/h3-12,14-15,22-23,26-27,52H,13,16H2,1-2H3/t22-,23+,26-,27-,40+,41-/m0/s1. The summed E-state index contributed by atoms with van der Waals surface area (Å²) in [4.78, 5) is 65.8. The summed E-state index contributed by atoms with van der Waals surface area (Å²) in [6, 6.07) is 16.6. The lowest BCUT2D eigenvalue weighted by Crippen LogP contribution is -2.60. The molecule has 0 bridgehead atoms. The molecule has 3 fully saturated rings. The van der Waals surface area contributed by atoms with Gasteiger partial charge in [-0.05, 0) is 60.7 Å². The fourth-order valence-corrected chi connectivity index (χ4v) is 9.73. The SMILES string of the molecule is COc1cc([C@H]2C3=CC[C@@H]4C(=O)N(c5ccc(C(=O)c6ccccc6)cc5)C(=O)[C@@H]4[C@@H]3C[C@@]3(Cl)C(=O)N(c4c(F)c(F)c(F)c(F)c4F)C(=O)[C@@]23Cl)cc(OC)c1O. The Morgan fingerprint density at radius 3 is 1.86 bits per heavy atom. The number of fused-ring (bicyclic) bond motifs is 4. The predicted octanol–water partition coefficient (Wildman–Crippen LogP) is 7.10. The van der Waals surface area contributed by atoms with Crippen LogP contribution in [0, 0.1) is 46.8 Å². The van der Waals surface area contributed by atoms with Gasteiger partial charge in [-0.1, -0.05) is 42.0 Å². The predicted molar refractivity (Wildman–Crippen MR) is 196 cm³/mol. The van der Waals surface area contributed by atoms with Gasteiger partial charge in [0.25, 0.3) is 11.8 Å². The molecule has 10 nitrogen and oxygen atoms in total. The van der Waals surface area contributed by atoms with E-state index in [-0.39, 0.29) is 51.0 Å². The Hall–Kier alpha value is -5.80. The number of carbonyl (C=O) groups is 5. The third-order valence-electron chi connectivity index (χ3n) is 11.5. The number of nitrogens with zero attached hydrogens (tertiary/aromatic N) is 2. The van der Waals surface area contributed by atoms with Gasteiger partial charge >= 0.3 is 0 Å². The summed E-state index contributed by atoms with van der Waals surface area (Å²) in [5.74, 6) is -23.6. The first kappa shape index (κ1) is 39.0. The molecule has 1 N–H and O–H groups in total. The number of imide groups is 2. The van der Waals surface area contributed by atoms with E-state index in [0.717, 1.165) is 4.90 Å². The number of methoxy groups -OCH3 is 2. The van der Waals surface area contributed by atoms with Gasteiger partial charge in [-0.3, -0.25) is 28.9 Å². The number of hydrogen-bond acceptors (Lipinski definition) is 8. The maximum Gasteiger partial charge on any atom is 0.258 e. The van der Waals surface area contributed by atoms with Crippen LogP contribution in [-0.4, -0.2) is 58.5 Å². The summed E-state index contributed by atoms with van der Waals surface area (Å²) < 4.78 is 84.7. The Morgan fingerprint density at radius 1 is 0.741 bits per heavy atom. The van der Waals surface area contributed by atoms with Crippen LogP contribution in [0.15, 0.2) is 78.4 Å². The minimum Gasteiger partial charge on any atom is -0.502 e. The molecule has 6 atom stereocenters. The number of carbonyl (C=O) groups excluding carboxylic acids is 5. The summed E-state index contributed by atoms with van der Waals surface area (Å²) >= 11 is 14.4. The molecule has 4 aromatic rings. The van der Waals surface area contributed by atoms with Crippen LogP contribution in [0.25, 0.3) is 0 Å². The normalized spacial score (nSPS) is 26.3. The second kappa shape index (κ2) is 13.7. The number of halogens is 7. The lowest BCUT2D eigenvalue weighted by Gasteiger charge is -2.50. The van der Waals surface area contributed by atoms with Crippen molar-refractivity contribution in [2.75, 3.05) is 24.0 Å². The number of rotatable bonds is 7. The maximum atomic E-state index is 15.4. The lowest BCUT2D eigenvalue weighted by molar-refractivity contribution is -0.125. The largest absolute Gasteiger partial charge is 0.502 e. The van der Waals surface area contributed by atoms with Crippen LogP contribution in [-0.2, 0) is 19.2 Å². The molecular formula is C41H27Cl2F5N2O8. The van der Waals surface area contributed by atoms with E-state index >= 15 is 8.78 Å². The fraction of sp³-hybridized carbons (Fsp3) is 0.244. The second-order valence-corrected chi connectivity index (χ2v) is 15.5. The Labute approximate surface area is 335 Å². The molecule has 2 saturated heterocycles. The fourth-order valence-electron chi connectivity index (χ4n) is 8.79. The number of anilines is 2. The monoisotopic (exact) mass is 840 g/mol. The van der Waals surface area contributed by atoms with Crippen LogP contribution in [0.5, 0.6) is 17.2 Å². The minimum atomic E-state index is -2.81. The minimum absolute atomic E-state index is 0.0337. The third-order valence-corrected chi connectivity index (χ3v) is 12.9. The molecule has 2 aliphatic heterocycles. The van der Waals surface area contributed by atoms with E-state index in [1.165, 1.54) is 56.7 Å². The average molecular weight is 842 g/mol. The molecule has 2 aliphatic carbocycles. The van der Waals surface area contributed by atoms with E-state index < -0.39 is 104 Å². The van der Waals surface area contributed by atoms with Crippen LogP contribution in [0.1, 0.15) is 40.2 Å². The van der Waals surface area contributed by atoms with Gasteiger partial charge in [0.05, 0.1) is 31.7 Å². The van der Waals surface area contributed by atoms with E-state index in [1.807, 2.05) is 0 Å². The number of ketones is 1. The van der Waals surface area contributed by atoms with E-state index in [2.05, 4.69) is 0 Å². The van der Waals surface area contributed by atoms with Gasteiger partial charge in [-0.2, -0.15) is 0 Å². The summed E-state index contributed by atoms with van der Waals surface area (Å²) in [5.41, 5.74) is -0.970. The van der Waals surface area contributed by atoms with Gasteiger partial charge in [0.15, 0.2) is 50.3 Å². The number of phenols is 1. The highest BCUT2D eigenvalue weighted by Gasteiger charge is 2.77. The number of aromatic hydroxyl groups is 1. The summed E-state index contributed by atoms with van der Waals surface area (Å²) in [7, 11) is 2.37. The first-order chi connectivity index (χ1) is 27.5. The number of allylic oxidation sites excluding steroid dienone is 2. The highest BCUT2D eigenvalue weighted by Crippen LogP contribution is 2.66. The number of ether oxygens (including phenoxy) is 2. The van der Waals surface area contributed by atoms with Crippen molar-refractivity contribution in [3.63, 3.8) is 0 Å². The summed E-state index contributed by atoms with van der Waals surface area (Å²) in [6.07, 6.45) is 0.691. The first-order valence-corrected chi connectivity index (χ1v) is 18.3. The van der Waals surface area contributed by atoms with Crippen LogP contribution in [0.3, 0.4) is 0 Å². The average Bonchev–Trinajstić information content (AvgIpc) is 3.57. The number of phenolic OH excluding ortho intramolecular Hbond substituents is 1. The molecule has 58 heavy (non-hydrogen) atoms. The van der Waals surface area contributed by atoms with Gasteiger partial charge < -0.3 is 14.6 Å². The van der Waals surface area contributed by atoms with Crippen molar-refractivity contribution < 1.29 is 60.5 Å². The molecule has 4 aliphatic rings. The first-order valence-electron chi connectivity index (χ1n) is 17.5. The third kappa shape index (κ3) is 5.18. The van der Waals surface area contributed by atoms with Crippen molar-refractivity contribution in [3.05, 3.63) is 124 Å². The van der Waals surface area contributed by atoms with E-state index in [4.69, 9.17) is 32.7 Å². The van der Waals surface area contributed by atoms with E-state index in [9.17, 15) is 42.3 Å². The molecule has 0 radical (unpaired) electrons. The van der Waals surface area contributed by atoms with Gasteiger partial charge in [-0.25, -0.2) is 26.9 Å². The molecule has 17 heteroatoms.